The van der Waals surface area contributed by atoms with Crippen molar-refractivity contribution in [2.24, 2.45) is 0 Å². The Morgan fingerprint density at radius 3 is 2.94 bits per heavy atom. The molecule has 2 aromatic rings. The van der Waals surface area contributed by atoms with E-state index in [2.05, 4.69) is 21.1 Å². The molecular weight excluding hydrogens is 204 g/mol. The molecule has 0 atom stereocenters. The van der Waals surface area contributed by atoms with Gasteiger partial charge in [0, 0.05) is 6.07 Å². The molecule has 77 valence electrons. The lowest BCUT2D eigenvalue weighted by Gasteiger charge is -2.00. The first-order valence-corrected chi connectivity index (χ1v) is 4.49. The van der Waals surface area contributed by atoms with E-state index >= 15 is 0 Å². The van der Waals surface area contributed by atoms with Crippen molar-refractivity contribution >= 4 is 0 Å². The van der Waals surface area contributed by atoms with Gasteiger partial charge in [-0.25, -0.2) is 15.0 Å². The maximum atomic E-state index is 8.69. The molecule has 0 amide bonds. The molecule has 0 aromatic carbocycles. The van der Waals surface area contributed by atoms with E-state index in [0.29, 0.717) is 17.3 Å². The van der Waals surface area contributed by atoms with E-state index in [-0.39, 0.29) is 5.69 Å². The SMILES string of the molecule is COc1ccc(-c2n[c]cc(C#N)n2)nc1. The average Bonchev–Trinajstić information content (AvgIpc) is 2.39. The molecule has 2 aromatic heterocycles. The molecule has 2 rings (SSSR count). The van der Waals surface area contributed by atoms with Gasteiger partial charge in [-0.15, -0.1) is 0 Å². The second-order valence-electron chi connectivity index (χ2n) is 2.90. The molecule has 5 heteroatoms. The highest BCUT2D eigenvalue weighted by atomic mass is 16.5. The molecule has 0 saturated heterocycles. The molecule has 1 radical (unpaired) electrons. The van der Waals surface area contributed by atoms with Crippen molar-refractivity contribution in [2.75, 3.05) is 7.11 Å². The molecule has 0 saturated carbocycles. The van der Waals surface area contributed by atoms with Crippen LogP contribution in [0.2, 0.25) is 0 Å². The molecule has 0 N–H and O–H groups in total. The monoisotopic (exact) mass is 211 g/mol. The maximum Gasteiger partial charge on any atom is 0.180 e. The number of nitrogens with zero attached hydrogens (tertiary/aromatic N) is 4. The summed E-state index contributed by atoms with van der Waals surface area (Å²) in [6.07, 6.45) is 4.17. The van der Waals surface area contributed by atoms with Gasteiger partial charge in [0.2, 0.25) is 0 Å². The van der Waals surface area contributed by atoms with E-state index < -0.39 is 0 Å². The zero-order valence-corrected chi connectivity index (χ0v) is 8.51. The third-order valence-electron chi connectivity index (χ3n) is 1.91. The molecule has 0 bridgehead atoms. The van der Waals surface area contributed by atoms with Crippen LogP contribution in [-0.2, 0) is 0 Å². The molecule has 16 heavy (non-hydrogen) atoms. The van der Waals surface area contributed by atoms with Crippen LogP contribution in [0.4, 0.5) is 0 Å². The van der Waals surface area contributed by atoms with Gasteiger partial charge in [-0.2, -0.15) is 5.26 Å². The van der Waals surface area contributed by atoms with Crippen molar-refractivity contribution in [1.82, 2.24) is 15.0 Å². The van der Waals surface area contributed by atoms with Crippen molar-refractivity contribution < 1.29 is 4.74 Å². The van der Waals surface area contributed by atoms with Gasteiger partial charge in [-0.1, -0.05) is 0 Å². The third-order valence-corrected chi connectivity index (χ3v) is 1.91. The van der Waals surface area contributed by atoms with Crippen LogP contribution in [0.1, 0.15) is 5.69 Å². The van der Waals surface area contributed by atoms with Crippen LogP contribution < -0.4 is 4.74 Å². The Labute approximate surface area is 92.4 Å². The van der Waals surface area contributed by atoms with E-state index in [9.17, 15) is 0 Å². The van der Waals surface area contributed by atoms with Gasteiger partial charge < -0.3 is 4.74 Å². The summed E-state index contributed by atoms with van der Waals surface area (Å²) >= 11 is 0. The van der Waals surface area contributed by atoms with Crippen LogP contribution in [0.5, 0.6) is 5.75 Å². The smallest absolute Gasteiger partial charge is 0.180 e. The van der Waals surface area contributed by atoms with Crippen LogP contribution in [0.3, 0.4) is 0 Å². The van der Waals surface area contributed by atoms with Gasteiger partial charge in [0.25, 0.3) is 0 Å². The van der Waals surface area contributed by atoms with Gasteiger partial charge in [-0.3, -0.25) is 0 Å². The Balaban J connectivity index is 2.39. The van der Waals surface area contributed by atoms with Crippen molar-refractivity contribution in [1.29, 1.82) is 5.26 Å². The topological polar surface area (TPSA) is 71.7 Å². The molecule has 2 heterocycles. The first-order chi connectivity index (χ1) is 7.83. The van der Waals surface area contributed by atoms with E-state index in [1.165, 1.54) is 6.07 Å². The lowest BCUT2D eigenvalue weighted by molar-refractivity contribution is 0.413. The van der Waals surface area contributed by atoms with E-state index in [0.717, 1.165) is 0 Å². The quantitative estimate of drug-likeness (QED) is 0.746. The second-order valence-corrected chi connectivity index (χ2v) is 2.90. The Bertz CT molecular complexity index is 530. The van der Waals surface area contributed by atoms with Crippen LogP contribution in [0, 0.1) is 17.5 Å². The number of nitriles is 1. The number of ether oxygens (including phenoxy) is 1. The maximum absolute atomic E-state index is 8.69. The number of hydrogen-bond acceptors (Lipinski definition) is 5. The van der Waals surface area contributed by atoms with E-state index in [1.807, 2.05) is 6.07 Å². The van der Waals surface area contributed by atoms with Crippen molar-refractivity contribution in [3.63, 3.8) is 0 Å². The molecular formula is C11H7N4O. The Morgan fingerprint density at radius 1 is 1.44 bits per heavy atom. The van der Waals surface area contributed by atoms with Crippen molar-refractivity contribution in [3.05, 3.63) is 36.3 Å². The highest BCUT2D eigenvalue weighted by Crippen LogP contribution is 2.15. The summed E-state index contributed by atoms with van der Waals surface area (Å²) in [5.74, 6) is 1.03. The summed E-state index contributed by atoms with van der Waals surface area (Å²) in [5, 5.41) is 8.69. The summed E-state index contributed by atoms with van der Waals surface area (Å²) in [6, 6.07) is 6.83. The zero-order chi connectivity index (χ0) is 11.4. The summed E-state index contributed by atoms with van der Waals surface area (Å²) in [5.41, 5.74) is 0.844. The van der Waals surface area contributed by atoms with Gasteiger partial charge in [0.05, 0.1) is 19.5 Å². The van der Waals surface area contributed by atoms with E-state index in [1.54, 1.807) is 25.4 Å². The fourth-order valence-electron chi connectivity index (χ4n) is 1.13. The number of pyridine rings is 1. The molecule has 0 spiro atoms. The molecule has 0 aliphatic carbocycles. The highest BCUT2D eigenvalue weighted by Gasteiger charge is 2.04. The predicted molar refractivity (Wildman–Crippen MR) is 55.4 cm³/mol. The Morgan fingerprint density at radius 2 is 2.31 bits per heavy atom. The summed E-state index contributed by atoms with van der Waals surface area (Å²) in [6.45, 7) is 0. The van der Waals surface area contributed by atoms with E-state index in [4.69, 9.17) is 10.00 Å². The minimum absolute atomic E-state index is 0.266. The molecule has 5 nitrogen and oxygen atoms in total. The second kappa shape index (κ2) is 4.36. The number of rotatable bonds is 2. The first kappa shape index (κ1) is 10.1. The Hall–Kier alpha value is -2.48. The molecule has 0 fully saturated rings. The lowest BCUT2D eigenvalue weighted by atomic mass is 10.3. The minimum atomic E-state index is 0.266. The number of hydrogen-bond donors (Lipinski definition) is 0. The van der Waals surface area contributed by atoms with Crippen molar-refractivity contribution in [2.45, 2.75) is 0 Å². The van der Waals surface area contributed by atoms with Crippen LogP contribution in [-0.4, -0.2) is 22.1 Å². The standard InChI is InChI=1S/C11H7N4O/c1-16-9-2-3-10(14-7-9)11-13-5-4-8(6-12)15-11/h2-4,7H,1H3. The van der Waals surface area contributed by atoms with Gasteiger partial charge in [0.1, 0.15) is 23.2 Å². The average molecular weight is 211 g/mol. The number of aromatic nitrogens is 3. The van der Waals surface area contributed by atoms with Crippen LogP contribution in [0.25, 0.3) is 11.5 Å². The molecule has 0 unspecified atom stereocenters. The summed E-state index contributed by atoms with van der Waals surface area (Å²) in [4.78, 5) is 12.0. The van der Waals surface area contributed by atoms with Crippen molar-refractivity contribution in [3.8, 4) is 23.3 Å². The van der Waals surface area contributed by atoms with Gasteiger partial charge in [-0.05, 0) is 12.1 Å². The molecule has 0 aliphatic rings. The van der Waals surface area contributed by atoms with Crippen LogP contribution >= 0.6 is 0 Å². The normalized spacial score (nSPS) is 9.50. The summed E-state index contributed by atoms with van der Waals surface area (Å²) in [7, 11) is 1.57. The zero-order valence-electron chi connectivity index (χ0n) is 8.51. The fraction of sp³-hybridized carbons (Fsp3) is 0.0909. The predicted octanol–water partition coefficient (Wildman–Crippen LogP) is 1.22. The lowest BCUT2D eigenvalue weighted by Crippen LogP contribution is -1.94. The summed E-state index contributed by atoms with van der Waals surface area (Å²) < 4.78 is 4.99. The molecule has 0 aliphatic heterocycles. The third kappa shape index (κ3) is 1.96. The largest absolute Gasteiger partial charge is 0.495 e. The highest BCUT2D eigenvalue weighted by molar-refractivity contribution is 5.50. The minimum Gasteiger partial charge on any atom is -0.495 e. The van der Waals surface area contributed by atoms with Gasteiger partial charge >= 0.3 is 0 Å². The first-order valence-electron chi connectivity index (χ1n) is 4.49. The number of methoxy groups -OCH3 is 1. The fourth-order valence-corrected chi connectivity index (χ4v) is 1.13. The Kier molecular flexibility index (Phi) is 2.74. The van der Waals surface area contributed by atoms with Crippen LogP contribution in [0.15, 0.2) is 24.4 Å². The van der Waals surface area contributed by atoms with Gasteiger partial charge in [0.15, 0.2) is 5.82 Å².